The first-order valence-electron chi connectivity index (χ1n) is 6.41. The van der Waals surface area contributed by atoms with Gasteiger partial charge in [-0.05, 0) is 37.8 Å². The highest BCUT2D eigenvalue weighted by Gasteiger charge is 2.34. The maximum atomic E-state index is 12.0. The summed E-state index contributed by atoms with van der Waals surface area (Å²) in [5.74, 6) is 0.0253. The Labute approximate surface area is 107 Å². The van der Waals surface area contributed by atoms with Crippen molar-refractivity contribution in [1.29, 1.82) is 0 Å². The Hall–Kier alpha value is -1.39. The highest BCUT2D eigenvalue weighted by molar-refractivity contribution is 5.92. The number of nitrogens with one attached hydrogen (secondary N) is 1. The van der Waals surface area contributed by atoms with Crippen molar-refractivity contribution in [2.45, 2.75) is 31.3 Å². The van der Waals surface area contributed by atoms with Gasteiger partial charge in [0, 0.05) is 18.2 Å². The van der Waals surface area contributed by atoms with Crippen LogP contribution in [-0.4, -0.2) is 23.2 Å². The van der Waals surface area contributed by atoms with E-state index in [4.69, 9.17) is 5.73 Å². The summed E-state index contributed by atoms with van der Waals surface area (Å²) in [7, 11) is 0. The maximum Gasteiger partial charge on any atom is 0.227 e. The molecule has 0 heterocycles. The molecule has 1 aliphatic rings. The topological polar surface area (TPSA) is 75.3 Å². The number of hydrogen-bond donors (Lipinski definition) is 3. The number of para-hydroxylation sites is 1. The van der Waals surface area contributed by atoms with Crippen molar-refractivity contribution in [3.63, 3.8) is 0 Å². The maximum absolute atomic E-state index is 12.0. The Bertz CT molecular complexity index is 398. The second-order valence-electron chi connectivity index (χ2n) is 5.06. The Kier molecular flexibility index (Phi) is 3.99. The lowest BCUT2D eigenvalue weighted by Crippen LogP contribution is -2.43. The highest BCUT2D eigenvalue weighted by Crippen LogP contribution is 2.32. The molecule has 18 heavy (non-hydrogen) atoms. The summed E-state index contributed by atoms with van der Waals surface area (Å²) in [6.07, 6.45) is 2.62. The molecule has 0 radical (unpaired) electrons. The molecular weight excluding hydrogens is 228 g/mol. The first-order chi connectivity index (χ1) is 8.63. The van der Waals surface area contributed by atoms with Crippen molar-refractivity contribution in [2.24, 2.45) is 11.7 Å². The molecule has 1 saturated carbocycles. The zero-order valence-corrected chi connectivity index (χ0v) is 10.4. The molecule has 0 unspecified atom stereocenters. The van der Waals surface area contributed by atoms with E-state index in [1.165, 1.54) is 0 Å². The van der Waals surface area contributed by atoms with Gasteiger partial charge < -0.3 is 16.2 Å². The molecule has 0 atom stereocenters. The molecule has 0 saturated heterocycles. The molecule has 1 fully saturated rings. The van der Waals surface area contributed by atoms with E-state index in [-0.39, 0.29) is 18.4 Å². The summed E-state index contributed by atoms with van der Waals surface area (Å²) in [6.45, 7) is 0.278. The first-order valence-corrected chi connectivity index (χ1v) is 6.41. The summed E-state index contributed by atoms with van der Waals surface area (Å²) < 4.78 is 0. The number of aliphatic hydroxyl groups is 1. The van der Waals surface area contributed by atoms with Gasteiger partial charge in [-0.1, -0.05) is 18.2 Å². The van der Waals surface area contributed by atoms with Gasteiger partial charge in [0.05, 0.1) is 5.60 Å². The number of carbonyl (C=O) groups is 1. The minimum absolute atomic E-state index is 0.0166. The predicted octanol–water partition coefficient (Wildman–Crippen LogP) is 1.51. The van der Waals surface area contributed by atoms with Crippen LogP contribution in [0, 0.1) is 5.92 Å². The highest BCUT2D eigenvalue weighted by atomic mass is 16.3. The second kappa shape index (κ2) is 5.50. The molecule has 4 nitrogen and oxygen atoms in total. The van der Waals surface area contributed by atoms with Crippen LogP contribution in [0.15, 0.2) is 30.3 Å². The molecule has 1 aliphatic carbocycles. The average Bonchev–Trinajstić information content (AvgIpc) is 2.40. The van der Waals surface area contributed by atoms with Crippen LogP contribution in [0.5, 0.6) is 0 Å². The second-order valence-corrected chi connectivity index (χ2v) is 5.06. The summed E-state index contributed by atoms with van der Waals surface area (Å²) in [5, 5.41) is 12.9. The number of rotatable bonds is 3. The molecule has 0 aromatic heterocycles. The Morgan fingerprint density at radius 3 is 2.50 bits per heavy atom. The fraction of sp³-hybridized carbons (Fsp3) is 0.500. The van der Waals surface area contributed by atoms with Crippen molar-refractivity contribution in [3.8, 4) is 0 Å². The van der Waals surface area contributed by atoms with E-state index in [1.54, 1.807) is 0 Å². The SMILES string of the molecule is NCC1(O)CCC(C(=O)Nc2ccccc2)CC1. The number of anilines is 1. The van der Waals surface area contributed by atoms with Crippen LogP contribution in [0.3, 0.4) is 0 Å². The van der Waals surface area contributed by atoms with Crippen molar-refractivity contribution in [3.05, 3.63) is 30.3 Å². The fourth-order valence-corrected chi connectivity index (χ4v) is 2.39. The molecule has 1 aromatic carbocycles. The van der Waals surface area contributed by atoms with Gasteiger partial charge in [0.25, 0.3) is 0 Å². The number of benzene rings is 1. The lowest BCUT2D eigenvalue weighted by molar-refractivity contribution is -0.122. The summed E-state index contributed by atoms with van der Waals surface area (Å²) >= 11 is 0. The third-order valence-electron chi connectivity index (χ3n) is 3.71. The van der Waals surface area contributed by atoms with Crippen LogP contribution in [-0.2, 0) is 4.79 Å². The quantitative estimate of drug-likeness (QED) is 0.759. The van der Waals surface area contributed by atoms with E-state index >= 15 is 0 Å². The van der Waals surface area contributed by atoms with Crippen molar-refractivity contribution >= 4 is 11.6 Å². The van der Waals surface area contributed by atoms with Gasteiger partial charge in [-0.25, -0.2) is 0 Å². The number of nitrogens with two attached hydrogens (primary N) is 1. The minimum atomic E-state index is -0.760. The Balaban J connectivity index is 1.88. The molecular formula is C14H20N2O2. The summed E-state index contributed by atoms with van der Waals surface area (Å²) in [4.78, 5) is 12.0. The van der Waals surface area contributed by atoms with E-state index in [2.05, 4.69) is 5.32 Å². The van der Waals surface area contributed by atoms with Gasteiger partial charge in [0.2, 0.25) is 5.91 Å². The Morgan fingerprint density at radius 2 is 1.94 bits per heavy atom. The van der Waals surface area contributed by atoms with E-state index in [0.717, 1.165) is 5.69 Å². The van der Waals surface area contributed by atoms with E-state index in [9.17, 15) is 9.90 Å². The molecule has 1 amide bonds. The monoisotopic (exact) mass is 248 g/mol. The molecule has 2 rings (SSSR count). The van der Waals surface area contributed by atoms with Gasteiger partial charge in [-0.2, -0.15) is 0 Å². The van der Waals surface area contributed by atoms with Gasteiger partial charge >= 0.3 is 0 Å². The summed E-state index contributed by atoms with van der Waals surface area (Å²) in [6, 6.07) is 9.44. The predicted molar refractivity (Wildman–Crippen MR) is 71.0 cm³/mol. The smallest absolute Gasteiger partial charge is 0.227 e. The van der Waals surface area contributed by atoms with Gasteiger partial charge in [0.15, 0.2) is 0 Å². The lowest BCUT2D eigenvalue weighted by Gasteiger charge is -2.34. The van der Waals surface area contributed by atoms with Crippen LogP contribution in [0.4, 0.5) is 5.69 Å². The number of carbonyl (C=O) groups excluding carboxylic acids is 1. The molecule has 1 aromatic rings. The Morgan fingerprint density at radius 1 is 1.33 bits per heavy atom. The van der Waals surface area contributed by atoms with Gasteiger partial charge in [-0.3, -0.25) is 4.79 Å². The van der Waals surface area contributed by atoms with Crippen LogP contribution >= 0.6 is 0 Å². The molecule has 0 spiro atoms. The lowest BCUT2D eigenvalue weighted by atomic mass is 9.78. The molecule has 0 bridgehead atoms. The average molecular weight is 248 g/mol. The van der Waals surface area contributed by atoms with E-state index in [1.807, 2.05) is 30.3 Å². The third-order valence-corrected chi connectivity index (χ3v) is 3.71. The summed E-state index contributed by atoms with van der Waals surface area (Å²) in [5.41, 5.74) is 5.59. The van der Waals surface area contributed by atoms with Crippen LogP contribution in [0.2, 0.25) is 0 Å². The van der Waals surface area contributed by atoms with Gasteiger partial charge in [-0.15, -0.1) is 0 Å². The first kappa shape index (κ1) is 13.1. The number of amides is 1. The molecule has 0 aliphatic heterocycles. The molecule has 4 N–H and O–H groups in total. The minimum Gasteiger partial charge on any atom is -0.389 e. The van der Waals surface area contributed by atoms with E-state index in [0.29, 0.717) is 25.7 Å². The van der Waals surface area contributed by atoms with Crippen molar-refractivity contribution in [2.75, 3.05) is 11.9 Å². The third kappa shape index (κ3) is 3.09. The standard InChI is InChI=1S/C14H20N2O2/c15-10-14(18)8-6-11(7-9-14)13(17)16-12-4-2-1-3-5-12/h1-5,11,18H,6-10,15H2,(H,16,17). The van der Waals surface area contributed by atoms with Gasteiger partial charge in [0.1, 0.15) is 0 Å². The number of hydrogen-bond acceptors (Lipinski definition) is 3. The normalized spacial score (nSPS) is 27.8. The fourth-order valence-electron chi connectivity index (χ4n) is 2.39. The van der Waals surface area contributed by atoms with Crippen LogP contribution in [0.25, 0.3) is 0 Å². The molecule has 98 valence electrons. The zero-order valence-electron chi connectivity index (χ0n) is 10.4. The molecule has 4 heteroatoms. The largest absolute Gasteiger partial charge is 0.389 e. The van der Waals surface area contributed by atoms with Crippen molar-refractivity contribution in [1.82, 2.24) is 0 Å². The van der Waals surface area contributed by atoms with Crippen LogP contribution < -0.4 is 11.1 Å². The van der Waals surface area contributed by atoms with E-state index < -0.39 is 5.60 Å². The zero-order chi connectivity index (χ0) is 13.0. The van der Waals surface area contributed by atoms with Crippen molar-refractivity contribution < 1.29 is 9.90 Å². The van der Waals surface area contributed by atoms with Crippen LogP contribution in [0.1, 0.15) is 25.7 Å².